The van der Waals surface area contributed by atoms with Crippen LogP contribution in [0.1, 0.15) is 46.0 Å². The van der Waals surface area contributed by atoms with Crippen molar-refractivity contribution in [2.24, 2.45) is 0 Å². The van der Waals surface area contributed by atoms with Crippen molar-refractivity contribution in [2.45, 2.75) is 44.5 Å². The number of carbonyl (C=O) groups excluding carboxylic acids is 1. The lowest BCUT2D eigenvalue weighted by Gasteiger charge is -2.24. The number of halogens is 5. The quantitative estimate of drug-likeness (QED) is 0.324. The van der Waals surface area contributed by atoms with Gasteiger partial charge >= 0.3 is 12.1 Å². The Labute approximate surface area is 221 Å². The number of carboxylic acid groups (broad SMARTS) is 1. The van der Waals surface area contributed by atoms with Crippen LogP contribution in [0.25, 0.3) is 0 Å². The summed E-state index contributed by atoms with van der Waals surface area (Å²) in [6, 6.07) is 13.9. The third-order valence-electron chi connectivity index (χ3n) is 6.30. The molecule has 0 bridgehead atoms. The minimum Gasteiger partial charge on any atom is -0.487 e. The Morgan fingerprint density at radius 2 is 1.84 bits per heavy atom. The number of fused-ring (bicyclic) bond motifs is 1. The Balaban J connectivity index is 1.54. The number of benzene rings is 3. The molecule has 0 spiro atoms. The van der Waals surface area contributed by atoms with Crippen LogP contribution in [-0.2, 0) is 30.4 Å². The molecule has 0 aliphatic carbocycles. The van der Waals surface area contributed by atoms with Crippen molar-refractivity contribution in [3.8, 4) is 5.75 Å². The lowest BCUT2D eigenvalue weighted by molar-refractivity contribution is -0.138. The van der Waals surface area contributed by atoms with Crippen LogP contribution in [0, 0.1) is 5.82 Å². The summed E-state index contributed by atoms with van der Waals surface area (Å²) in [7, 11) is 0. The molecule has 4 rings (SSSR count). The van der Waals surface area contributed by atoms with E-state index in [1.807, 2.05) is 6.92 Å². The van der Waals surface area contributed by atoms with Gasteiger partial charge < -0.3 is 14.7 Å². The van der Waals surface area contributed by atoms with Crippen LogP contribution < -0.4 is 4.74 Å². The minimum atomic E-state index is -4.54. The third-order valence-corrected chi connectivity index (χ3v) is 6.59. The van der Waals surface area contributed by atoms with Crippen molar-refractivity contribution in [1.82, 2.24) is 4.90 Å². The molecule has 5 nitrogen and oxygen atoms in total. The molecule has 0 saturated carbocycles. The molecule has 0 saturated heterocycles. The maximum Gasteiger partial charge on any atom is 0.416 e. The van der Waals surface area contributed by atoms with Crippen LogP contribution in [0.15, 0.2) is 60.7 Å². The van der Waals surface area contributed by atoms with Gasteiger partial charge in [-0.25, -0.2) is 4.39 Å². The van der Waals surface area contributed by atoms with Crippen LogP contribution in [0.2, 0.25) is 5.02 Å². The first kappa shape index (κ1) is 27.4. The minimum absolute atomic E-state index is 0.0108. The highest BCUT2D eigenvalue weighted by Crippen LogP contribution is 2.38. The summed E-state index contributed by atoms with van der Waals surface area (Å²) in [5, 5.41) is 9.15. The van der Waals surface area contributed by atoms with Crippen molar-refractivity contribution in [3.05, 3.63) is 99.3 Å². The van der Waals surface area contributed by atoms with Gasteiger partial charge in [0.05, 0.1) is 17.0 Å². The number of aliphatic carboxylic acids is 1. The molecule has 38 heavy (non-hydrogen) atoms. The molecule has 0 unspecified atom stereocenters. The maximum atomic E-state index is 13.5. The zero-order valence-corrected chi connectivity index (χ0v) is 21.1. The van der Waals surface area contributed by atoms with E-state index >= 15 is 0 Å². The average molecular weight is 550 g/mol. The summed E-state index contributed by atoms with van der Waals surface area (Å²) in [5.41, 5.74) is 0.504. The number of carboxylic acids is 1. The summed E-state index contributed by atoms with van der Waals surface area (Å²) in [5.74, 6) is -1.58. The lowest BCUT2D eigenvalue weighted by atomic mass is 9.91. The van der Waals surface area contributed by atoms with Gasteiger partial charge in [-0.15, -0.1) is 0 Å². The summed E-state index contributed by atoms with van der Waals surface area (Å²) in [6.45, 7) is 1.52. The molecule has 0 radical (unpaired) electrons. The van der Waals surface area contributed by atoms with Gasteiger partial charge in [0.2, 0.25) is 0 Å². The fraction of sp³-hybridized carbons (Fsp3) is 0.286. The molecule has 0 aromatic heterocycles. The summed E-state index contributed by atoms with van der Waals surface area (Å²) >= 11 is 5.90. The van der Waals surface area contributed by atoms with Crippen molar-refractivity contribution < 1.29 is 37.0 Å². The second-order valence-corrected chi connectivity index (χ2v) is 9.95. The Kier molecular flexibility index (Phi) is 7.69. The summed E-state index contributed by atoms with van der Waals surface area (Å²) in [6.07, 6.45) is -4.03. The van der Waals surface area contributed by atoms with Crippen molar-refractivity contribution in [2.75, 3.05) is 6.54 Å². The van der Waals surface area contributed by atoms with E-state index in [2.05, 4.69) is 0 Å². The van der Waals surface area contributed by atoms with Crippen LogP contribution in [-0.4, -0.2) is 34.0 Å². The van der Waals surface area contributed by atoms with Gasteiger partial charge in [0.15, 0.2) is 0 Å². The Morgan fingerprint density at radius 3 is 2.53 bits per heavy atom. The first-order valence-corrected chi connectivity index (χ1v) is 12.1. The largest absolute Gasteiger partial charge is 0.487 e. The van der Waals surface area contributed by atoms with Gasteiger partial charge in [-0.3, -0.25) is 9.59 Å². The Morgan fingerprint density at radius 1 is 1.08 bits per heavy atom. The highest BCUT2D eigenvalue weighted by Gasteiger charge is 2.36. The van der Waals surface area contributed by atoms with E-state index in [-0.39, 0.29) is 35.7 Å². The molecule has 1 atom stereocenters. The van der Waals surface area contributed by atoms with Crippen LogP contribution in [0.5, 0.6) is 5.75 Å². The molecular weight excluding hydrogens is 526 g/mol. The standard InChI is InChI=1S/C28H24ClF4NO4/c1-27(14-17-5-7-23(30)22(29)12-17)15-20-13-19(6-8-24(20)38-27)26(37)34(10-9-25(35)36)16-18-3-2-4-21(11-18)28(31,32)33/h2-8,11-13H,9-10,14-16H2,1H3,(H,35,36)/t27-/m1/s1. The molecule has 1 aliphatic heterocycles. The van der Waals surface area contributed by atoms with Crippen LogP contribution in [0.3, 0.4) is 0 Å². The first-order chi connectivity index (χ1) is 17.8. The molecule has 3 aromatic rings. The number of nitrogens with zero attached hydrogens (tertiary/aromatic N) is 1. The first-order valence-electron chi connectivity index (χ1n) is 11.8. The molecule has 1 N–H and O–H groups in total. The van der Waals surface area contributed by atoms with E-state index in [1.54, 1.807) is 24.3 Å². The van der Waals surface area contributed by atoms with Crippen molar-refractivity contribution in [1.29, 1.82) is 0 Å². The van der Waals surface area contributed by atoms with Gasteiger partial charge in [0.25, 0.3) is 5.91 Å². The fourth-order valence-electron chi connectivity index (χ4n) is 4.57. The zero-order valence-electron chi connectivity index (χ0n) is 20.3. The molecule has 200 valence electrons. The summed E-state index contributed by atoms with van der Waals surface area (Å²) < 4.78 is 59.1. The molecule has 3 aromatic carbocycles. The summed E-state index contributed by atoms with van der Waals surface area (Å²) in [4.78, 5) is 25.8. The van der Waals surface area contributed by atoms with Crippen LogP contribution >= 0.6 is 11.6 Å². The van der Waals surface area contributed by atoms with E-state index in [0.29, 0.717) is 18.6 Å². The van der Waals surface area contributed by atoms with Crippen molar-refractivity contribution in [3.63, 3.8) is 0 Å². The number of rotatable bonds is 8. The second-order valence-electron chi connectivity index (χ2n) is 9.55. The van der Waals surface area contributed by atoms with E-state index in [1.165, 1.54) is 29.2 Å². The average Bonchev–Trinajstić information content (AvgIpc) is 3.18. The highest BCUT2D eigenvalue weighted by atomic mass is 35.5. The normalized spacial score (nSPS) is 16.6. The number of hydrogen-bond acceptors (Lipinski definition) is 3. The monoisotopic (exact) mass is 549 g/mol. The highest BCUT2D eigenvalue weighted by molar-refractivity contribution is 6.30. The van der Waals surface area contributed by atoms with E-state index in [4.69, 9.17) is 21.4 Å². The molecular formula is C28H24ClF4NO4. The van der Waals surface area contributed by atoms with Gasteiger partial charge in [0.1, 0.15) is 17.2 Å². The zero-order chi connectivity index (χ0) is 27.7. The third kappa shape index (κ3) is 6.45. The van der Waals surface area contributed by atoms with E-state index in [0.717, 1.165) is 23.3 Å². The fourth-order valence-corrected chi connectivity index (χ4v) is 4.77. The molecule has 1 aliphatic rings. The predicted octanol–water partition coefficient (Wildman–Crippen LogP) is 6.55. The number of ether oxygens (including phenoxy) is 1. The smallest absolute Gasteiger partial charge is 0.416 e. The number of carbonyl (C=O) groups is 2. The van der Waals surface area contributed by atoms with Gasteiger partial charge in [-0.05, 0) is 66.1 Å². The topological polar surface area (TPSA) is 66.8 Å². The number of alkyl halides is 3. The van der Waals surface area contributed by atoms with Gasteiger partial charge in [0, 0.05) is 31.5 Å². The predicted molar refractivity (Wildman–Crippen MR) is 133 cm³/mol. The number of amides is 1. The maximum absolute atomic E-state index is 13.5. The molecule has 10 heteroatoms. The van der Waals surface area contributed by atoms with Gasteiger partial charge in [-0.2, -0.15) is 13.2 Å². The van der Waals surface area contributed by atoms with E-state index < -0.39 is 35.0 Å². The lowest BCUT2D eigenvalue weighted by Crippen LogP contribution is -2.33. The van der Waals surface area contributed by atoms with Gasteiger partial charge in [-0.1, -0.05) is 29.8 Å². The molecule has 1 amide bonds. The number of hydrogen-bond donors (Lipinski definition) is 1. The Bertz CT molecular complexity index is 1380. The van der Waals surface area contributed by atoms with Crippen LogP contribution in [0.4, 0.5) is 17.6 Å². The molecule has 0 fully saturated rings. The van der Waals surface area contributed by atoms with Crippen molar-refractivity contribution >= 4 is 23.5 Å². The SMILES string of the molecule is C[C@@]1(Cc2ccc(F)c(Cl)c2)Cc2cc(C(=O)N(CCC(=O)O)Cc3cccc(C(F)(F)F)c3)ccc2O1. The Hall–Kier alpha value is -3.59. The molecule has 1 heterocycles. The second kappa shape index (κ2) is 10.6. The van der Waals surface area contributed by atoms with E-state index in [9.17, 15) is 27.2 Å².